The number of benzene rings is 1. The van der Waals surface area contributed by atoms with Crippen LogP contribution in [0, 0.1) is 5.41 Å². The van der Waals surface area contributed by atoms with Crippen LogP contribution in [0.5, 0.6) is 0 Å². The molecule has 1 aliphatic rings. The van der Waals surface area contributed by atoms with Gasteiger partial charge in [-0.2, -0.15) is 0 Å². The van der Waals surface area contributed by atoms with Crippen LogP contribution < -0.4 is 10.9 Å². The second-order valence-electron chi connectivity index (χ2n) is 8.58. The lowest BCUT2D eigenvalue weighted by molar-refractivity contribution is -0.199. The minimum Gasteiger partial charge on any atom is -0.457 e. The van der Waals surface area contributed by atoms with Crippen molar-refractivity contribution in [1.29, 1.82) is 0 Å². The van der Waals surface area contributed by atoms with Crippen LogP contribution in [0.25, 0.3) is 11.0 Å². The van der Waals surface area contributed by atoms with Crippen molar-refractivity contribution in [3.63, 3.8) is 0 Å². The van der Waals surface area contributed by atoms with Crippen LogP contribution in [-0.4, -0.2) is 41.5 Å². The molecule has 1 aliphatic heterocycles. The maximum atomic E-state index is 12.5. The molecular weight excluding hydrogens is 374 g/mol. The number of fused-ring (bicyclic) bond motifs is 1. The first-order valence-corrected chi connectivity index (χ1v) is 9.95. The Labute approximate surface area is 170 Å². The molecule has 0 saturated carbocycles. The summed E-state index contributed by atoms with van der Waals surface area (Å²) in [4.78, 5) is 24.1. The van der Waals surface area contributed by atoms with Crippen LogP contribution in [0.2, 0.25) is 0 Å². The lowest BCUT2D eigenvalue weighted by Crippen LogP contribution is -2.61. The number of esters is 1. The standard InChI is InChI=1S/C22H29NO6/c1-6-15-19(25)20(29-21(26)22(3,4)5)18(12(2)27-15)23-14-9-7-13-8-10-17(24)28-16(13)11-14/h7-12,15,18-20,23,25H,6H2,1-5H3/t12?,15?,18-,19+,20?/m0/s1. The normalized spacial score (nSPS) is 27.6. The van der Waals surface area contributed by atoms with Crippen molar-refractivity contribution in [3.8, 4) is 0 Å². The van der Waals surface area contributed by atoms with Gasteiger partial charge >= 0.3 is 11.6 Å². The molecule has 158 valence electrons. The van der Waals surface area contributed by atoms with Gasteiger partial charge in [-0.25, -0.2) is 4.79 Å². The van der Waals surface area contributed by atoms with Crippen molar-refractivity contribution in [2.24, 2.45) is 5.41 Å². The SMILES string of the molecule is CCC1OC(C)[C@H](Nc2ccc3ccc(=O)oc3c2)C(OC(=O)C(C)(C)C)[C@@H]1O. The number of hydrogen-bond acceptors (Lipinski definition) is 7. The molecular formula is C22H29NO6. The monoisotopic (exact) mass is 403 g/mol. The van der Waals surface area contributed by atoms with Crippen molar-refractivity contribution >= 4 is 22.6 Å². The molecule has 0 spiro atoms. The number of carbonyl (C=O) groups is 1. The molecule has 1 aromatic heterocycles. The van der Waals surface area contributed by atoms with E-state index in [2.05, 4.69) is 5.32 Å². The summed E-state index contributed by atoms with van der Waals surface area (Å²) < 4.78 is 17.0. The van der Waals surface area contributed by atoms with E-state index in [0.717, 1.165) is 5.39 Å². The quantitative estimate of drug-likeness (QED) is 0.598. The fourth-order valence-corrected chi connectivity index (χ4v) is 3.46. The summed E-state index contributed by atoms with van der Waals surface area (Å²) in [6, 6.07) is 7.97. The minimum absolute atomic E-state index is 0.320. The van der Waals surface area contributed by atoms with E-state index in [0.29, 0.717) is 17.7 Å². The van der Waals surface area contributed by atoms with E-state index < -0.39 is 35.4 Å². The first-order valence-electron chi connectivity index (χ1n) is 9.95. The third-order valence-corrected chi connectivity index (χ3v) is 5.18. The second kappa shape index (κ2) is 8.16. The highest BCUT2D eigenvalue weighted by Crippen LogP contribution is 2.30. The van der Waals surface area contributed by atoms with Gasteiger partial charge in [0.15, 0.2) is 6.10 Å². The third-order valence-electron chi connectivity index (χ3n) is 5.18. The average molecular weight is 403 g/mol. The molecule has 3 rings (SSSR count). The summed E-state index contributed by atoms with van der Waals surface area (Å²) in [5.74, 6) is -0.387. The molecule has 0 bridgehead atoms. The van der Waals surface area contributed by atoms with Crippen LogP contribution in [0.1, 0.15) is 41.0 Å². The summed E-state index contributed by atoms with van der Waals surface area (Å²) in [7, 11) is 0. The van der Waals surface area contributed by atoms with Crippen molar-refractivity contribution in [3.05, 3.63) is 40.8 Å². The van der Waals surface area contributed by atoms with E-state index in [4.69, 9.17) is 13.9 Å². The van der Waals surface area contributed by atoms with Gasteiger partial charge in [0, 0.05) is 23.2 Å². The molecule has 0 radical (unpaired) electrons. The van der Waals surface area contributed by atoms with E-state index in [1.807, 2.05) is 26.0 Å². The van der Waals surface area contributed by atoms with Gasteiger partial charge < -0.3 is 24.3 Å². The maximum Gasteiger partial charge on any atom is 0.336 e. The molecule has 2 heterocycles. The molecule has 3 unspecified atom stereocenters. The highest BCUT2D eigenvalue weighted by molar-refractivity contribution is 5.80. The molecule has 7 heteroatoms. The molecule has 29 heavy (non-hydrogen) atoms. The summed E-state index contributed by atoms with van der Waals surface area (Å²) in [5, 5.41) is 14.9. The lowest BCUT2D eigenvalue weighted by atomic mass is 9.90. The van der Waals surface area contributed by atoms with E-state index in [-0.39, 0.29) is 12.1 Å². The van der Waals surface area contributed by atoms with Gasteiger partial charge in [0.05, 0.1) is 23.7 Å². The van der Waals surface area contributed by atoms with Gasteiger partial charge in [-0.1, -0.05) is 6.92 Å². The summed E-state index contributed by atoms with van der Waals surface area (Å²) in [6.45, 7) is 9.12. The molecule has 2 aromatic rings. The van der Waals surface area contributed by atoms with Crippen molar-refractivity contribution in [2.45, 2.75) is 71.5 Å². The van der Waals surface area contributed by atoms with E-state index in [1.165, 1.54) is 6.07 Å². The number of rotatable bonds is 4. The Balaban J connectivity index is 1.91. The molecule has 1 fully saturated rings. The van der Waals surface area contributed by atoms with E-state index in [1.54, 1.807) is 32.9 Å². The van der Waals surface area contributed by atoms with E-state index in [9.17, 15) is 14.7 Å². The van der Waals surface area contributed by atoms with Gasteiger partial charge in [-0.3, -0.25) is 4.79 Å². The largest absolute Gasteiger partial charge is 0.457 e. The van der Waals surface area contributed by atoms with Crippen molar-refractivity contribution < 1.29 is 23.8 Å². The van der Waals surface area contributed by atoms with Crippen LogP contribution in [0.4, 0.5) is 5.69 Å². The number of carbonyl (C=O) groups excluding carboxylic acids is 1. The van der Waals surface area contributed by atoms with Crippen molar-refractivity contribution in [1.82, 2.24) is 0 Å². The molecule has 1 saturated heterocycles. The predicted octanol–water partition coefficient (Wildman–Crippen LogP) is 3.09. The summed E-state index contributed by atoms with van der Waals surface area (Å²) in [5.41, 5.74) is -0.00422. The van der Waals surface area contributed by atoms with Crippen LogP contribution in [-0.2, 0) is 14.3 Å². The highest BCUT2D eigenvalue weighted by Gasteiger charge is 2.46. The number of ether oxygens (including phenoxy) is 2. The van der Waals surface area contributed by atoms with Gasteiger partial charge in [-0.15, -0.1) is 0 Å². The lowest BCUT2D eigenvalue weighted by Gasteiger charge is -2.44. The zero-order valence-electron chi connectivity index (χ0n) is 17.5. The van der Waals surface area contributed by atoms with E-state index >= 15 is 0 Å². The fourth-order valence-electron chi connectivity index (χ4n) is 3.46. The molecule has 7 nitrogen and oxygen atoms in total. The van der Waals surface area contributed by atoms with Crippen LogP contribution >= 0.6 is 0 Å². The number of hydrogen-bond donors (Lipinski definition) is 2. The molecule has 1 aromatic carbocycles. The Bertz CT molecular complexity index is 931. The Morgan fingerprint density at radius 1 is 1.24 bits per heavy atom. The predicted molar refractivity (Wildman–Crippen MR) is 110 cm³/mol. The first kappa shape index (κ1) is 21.3. The average Bonchev–Trinajstić information content (AvgIpc) is 2.65. The third kappa shape index (κ3) is 4.62. The van der Waals surface area contributed by atoms with Gasteiger partial charge in [-0.05, 0) is 52.3 Å². The van der Waals surface area contributed by atoms with Gasteiger partial charge in [0.1, 0.15) is 11.7 Å². The second-order valence-corrected chi connectivity index (χ2v) is 8.58. The number of anilines is 1. The van der Waals surface area contributed by atoms with Crippen LogP contribution in [0.3, 0.4) is 0 Å². The Morgan fingerprint density at radius 3 is 2.59 bits per heavy atom. The summed E-state index contributed by atoms with van der Waals surface area (Å²) >= 11 is 0. The summed E-state index contributed by atoms with van der Waals surface area (Å²) in [6.07, 6.45) is -1.88. The molecule has 0 amide bonds. The number of aliphatic hydroxyl groups is 1. The number of aliphatic hydroxyl groups excluding tert-OH is 1. The Morgan fingerprint density at radius 2 is 1.93 bits per heavy atom. The Kier molecular flexibility index (Phi) is 6.00. The zero-order chi connectivity index (χ0) is 21.3. The molecule has 0 aliphatic carbocycles. The van der Waals surface area contributed by atoms with Gasteiger partial charge in [0.25, 0.3) is 0 Å². The van der Waals surface area contributed by atoms with Gasteiger partial charge in [0.2, 0.25) is 0 Å². The Hall–Kier alpha value is -2.38. The topological polar surface area (TPSA) is 98.0 Å². The fraction of sp³-hybridized carbons (Fsp3) is 0.545. The zero-order valence-corrected chi connectivity index (χ0v) is 17.5. The maximum absolute atomic E-state index is 12.5. The minimum atomic E-state index is -0.960. The van der Waals surface area contributed by atoms with Crippen molar-refractivity contribution in [2.75, 3.05) is 5.32 Å². The van der Waals surface area contributed by atoms with Crippen LogP contribution in [0.15, 0.2) is 39.5 Å². The smallest absolute Gasteiger partial charge is 0.336 e. The molecule has 5 atom stereocenters. The molecule has 2 N–H and O–H groups in total. The number of nitrogens with one attached hydrogen (secondary N) is 1. The highest BCUT2D eigenvalue weighted by atomic mass is 16.6. The first-order chi connectivity index (χ1) is 13.6.